The van der Waals surface area contributed by atoms with Gasteiger partial charge in [-0.25, -0.2) is 9.37 Å². The first-order chi connectivity index (χ1) is 12.1. The van der Waals surface area contributed by atoms with Crippen LogP contribution in [0.5, 0.6) is 0 Å². The van der Waals surface area contributed by atoms with Crippen molar-refractivity contribution in [3.05, 3.63) is 40.4 Å². The molecule has 136 valence electrons. The number of rotatable bonds is 7. The second-order valence-electron chi connectivity index (χ2n) is 6.29. The van der Waals surface area contributed by atoms with Crippen molar-refractivity contribution in [3.63, 3.8) is 0 Å². The van der Waals surface area contributed by atoms with E-state index in [0.717, 1.165) is 36.0 Å². The second kappa shape index (κ2) is 8.40. The smallest absolute Gasteiger partial charge is 0.202 e. The summed E-state index contributed by atoms with van der Waals surface area (Å²) in [7, 11) is 3.74. The van der Waals surface area contributed by atoms with Crippen molar-refractivity contribution in [3.8, 4) is 0 Å². The fourth-order valence-corrected chi connectivity index (χ4v) is 4.04. The molecule has 0 bridgehead atoms. The van der Waals surface area contributed by atoms with E-state index in [1.807, 2.05) is 6.07 Å². The van der Waals surface area contributed by atoms with Crippen LogP contribution in [0, 0.1) is 11.7 Å². The molecule has 0 spiro atoms. The molecule has 0 saturated carbocycles. The number of ether oxygens (including phenoxy) is 1. The summed E-state index contributed by atoms with van der Waals surface area (Å²) < 4.78 is 23.2. The van der Waals surface area contributed by atoms with Gasteiger partial charge in [0.05, 0.1) is 11.6 Å². The highest BCUT2D eigenvalue weighted by atomic mass is 35.5. The molecule has 3 rings (SSSR count). The lowest BCUT2D eigenvalue weighted by Gasteiger charge is -2.26. The zero-order valence-electron chi connectivity index (χ0n) is 14.3. The van der Waals surface area contributed by atoms with Gasteiger partial charge in [0.2, 0.25) is 5.13 Å². The van der Waals surface area contributed by atoms with Gasteiger partial charge in [-0.2, -0.15) is 4.37 Å². The lowest BCUT2D eigenvalue weighted by molar-refractivity contribution is 0.201. The zero-order valence-corrected chi connectivity index (χ0v) is 15.9. The Balaban J connectivity index is 1.64. The van der Waals surface area contributed by atoms with Crippen molar-refractivity contribution in [1.82, 2.24) is 14.3 Å². The standard InChI is InChI=1S/C17H22ClFN4OS/c1-23-7-5-12(16(23)11-3-4-13(18)14(19)9-11)10-20-17-21-15(22-25-17)6-8-24-2/h3-4,9,12,16H,5-8,10H2,1-2H3,(H,20,21,22). The molecule has 1 saturated heterocycles. The molecule has 1 aliphatic rings. The van der Waals surface area contributed by atoms with Crippen molar-refractivity contribution in [2.75, 3.05) is 39.2 Å². The Bertz CT molecular complexity index is 714. The van der Waals surface area contributed by atoms with Crippen LogP contribution in [-0.2, 0) is 11.2 Å². The Morgan fingerprint density at radius 2 is 2.32 bits per heavy atom. The molecule has 1 fully saturated rings. The summed E-state index contributed by atoms with van der Waals surface area (Å²) in [5.41, 5.74) is 0.965. The fraction of sp³-hybridized carbons (Fsp3) is 0.529. The summed E-state index contributed by atoms with van der Waals surface area (Å²) in [6.07, 6.45) is 1.77. The van der Waals surface area contributed by atoms with E-state index in [-0.39, 0.29) is 16.9 Å². The van der Waals surface area contributed by atoms with Crippen molar-refractivity contribution >= 4 is 28.3 Å². The third kappa shape index (κ3) is 4.47. The van der Waals surface area contributed by atoms with Gasteiger partial charge in [-0.3, -0.25) is 4.90 Å². The number of anilines is 1. The van der Waals surface area contributed by atoms with E-state index in [4.69, 9.17) is 16.3 Å². The van der Waals surface area contributed by atoms with Gasteiger partial charge in [0.1, 0.15) is 11.6 Å². The minimum absolute atomic E-state index is 0.163. The van der Waals surface area contributed by atoms with Crippen LogP contribution in [0.3, 0.4) is 0 Å². The summed E-state index contributed by atoms with van der Waals surface area (Å²) in [6, 6.07) is 5.27. The van der Waals surface area contributed by atoms with Crippen LogP contribution in [0.15, 0.2) is 18.2 Å². The highest BCUT2D eigenvalue weighted by Crippen LogP contribution is 2.37. The van der Waals surface area contributed by atoms with Crippen molar-refractivity contribution in [2.24, 2.45) is 5.92 Å². The lowest BCUT2D eigenvalue weighted by Crippen LogP contribution is -2.25. The van der Waals surface area contributed by atoms with Gasteiger partial charge < -0.3 is 10.1 Å². The summed E-state index contributed by atoms with van der Waals surface area (Å²) >= 11 is 7.18. The number of benzene rings is 1. The molecule has 5 nitrogen and oxygen atoms in total. The lowest BCUT2D eigenvalue weighted by atomic mass is 9.93. The maximum absolute atomic E-state index is 13.8. The first kappa shape index (κ1) is 18.5. The largest absolute Gasteiger partial charge is 0.384 e. The first-order valence-corrected chi connectivity index (χ1v) is 9.44. The Morgan fingerprint density at radius 1 is 1.48 bits per heavy atom. The van der Waals surface area contributed by atoms with E-state index in [1.165, 1.54) is 11.5 Å². The van der Waals surface area contributed by atoms with Crippen molar-refractivity contribution in [1.29, 1.82) is 0 Å². The van der Waals surface area contributed by atoms with Crippen molar-refractivity contribution in [2.45, 2.75) is 18.9 Å². The minimum Gasteiger partial charge on any atom is -0.384 e. The van der Waals surface area contributed by atoms with Gasteiger partial charge in [0.25, 0.3) is 0 Å². The van der Waals surface area contributed by atoms with E-state index in [9.17, 15) is 4.39 Å². The molecule has 1 aromatic carbocycles. The molecule has 1 N–H and O–H groups in total. The Morgan fingerprint density at radius 3 is 3.08 bits per heavy atom. The van der Waals surface area contributed by atoms with E-state index in [1.54, 1.807) is 19.2 Å². The molecule has 2 heterocycles. The Hall–Kier alpha value is -1.28. The van der Waals surface area contributed by atoms with E-state index < -0.39 is 0 Å². The summed E-state index contributed by atoms with van der Waals surface area (Å²) in [4.78, 5) is 6.74. The average molecular weight is 385 g/mol. The van der Waals surface area contributed by atoms with Crippen LogP contribution in [0.25, 0.3) is 0 Å². The molecular weight excluding hydrogens is 363 g/mol. The third-order valence-corrected chi connectivity index (χ3v) is 5.59. The number of nitrogens with one attached hydrogen (secondary N) is 1. The van der Waals surface area contributed by atoms with Crippen molar-refractivity contribution < 1.29 is 9.13 Å². The van der Waals surface area contributed by atoms with Crippen LogP contribution in [0.4, 0.5) is 9.52 Å². The summed E-state index contributed by atoms with van der Waals surface area (Å²) in [5, 5.41) is 4.37. The van der Waals surface area contributed by atoms with E-state index in [2.05, 4.69) is 26.6 Å². The number of methoxy groups -OCH3 is 1. The maximum Gasteiger partial charge on any atom is 0.202 e. The Labute approximate surface area is 156 Å². The maximum atomic E-state index is 13.8. The van der Waals surface area contributed by atoms with Gasteiger partial charge in [-0.1, -0.05) is 17.7 Å². The first-order valence-electron chi connectivity index (χ1n) is 8.29. The fourth-order valence-electron chi connectivity index (χ4n) is 3.30. The number of hydrogen-bond donors (Lipinski definition) is 1. The molecule has 1 aromatic heterocycles. The van der Waals surface area contributed by atoms with E-state index in [0.29, 0.717) is 18.9 Å². The monoisotopic (exact) mass is 384 g/mol. The molecule has 0 aliphatic carbocycles. The van der Waals surface area contributed by atoms with Crippen LogP contribution in [-0.4, -0.2) is 48.1 Å². The SMILES string of the molecule is COCCc1nsc(NCC2CCN(C)C2c2ccc(Cl)c(F)c2)n1. The Kier molecular flexibility index (Phi) is 6.22. The van der Waals surface area contributed by atoms with Crippen LogP contribution in [0.1, 0.15) is 23.9 Å². The van der Waals surface area contributed by atoms with Gasteiger partial charge in [-0.05, 0) is 43.6 Å². The summed E-state index contributed by atoms with van der Waals surface area (Å²) in [5.74, 6) is 0.809. The van der Waals surface area contributed by atoms with Gasteiger partial charge >= 0.3 is 0 Å². The van der Waals surface area contributed by atoms with E-state index >= 15 is 0 Å². The molecule has 25 heavy (non-hydrogen) atoms. The second-order valence-corrected chi connectivity index (χ2v) is 7.45. The molecule has 0 radical (unpaired) electrons. The predicted molar refractivity (Wildman–Crippen MR) is 98.9 cm³/mol. The number of likely N-dealkylation sites (tertiary alicyclic amines) is 1. The molecule has 2 aromatic rings. The quantitative estimate of drug-likeness (QED) is 0.790. The average Bonchev–Trinajstić information content (AvgIpc) is 3.20. The van der Waals surface area contributed by atoms with Gasteiger partial charge in [0.15, 0.2) is 0 Å². The molecule has 0 amide bonds. The molecule has 1 aliphatic heterocycles. The minimum atomic E-state index is -0.363. The number of hydrogen-bond acceptors (Lipinski definition) is 6. The van der Waals surface area contributed by atoms with Gasteiger partial charge in [0, 0.05) is 37.6 Å². The van der Waals surface area contributed by atoms with Crippen LogP contribution >= 0.6 is 23.1 Å². The number of halogens is 2. The summed E-state index contributed by atoms with van der Waals surface area (Å²) in [6.45, 7) is 2.38. The topological polar surface area (TPSA) is 50.3 Å². The predicted octanol–water partition coefficient (Wildman–Crippen LogP) is 3.62. The van der Waals surface area contributed by atoms with Crippen LogP contribution < -0.4 is 5.32 Å². The highest BCUT2D eigenvalue weighted by Gasteiger charge is 2.33. The molecule has 2 unspecified atom stereocenters. The third-order valence-electron chi connectivity index (χ3n) is 4.57. The van der Waals surface area contributed by atoms with Crippen LogP contribution in [0.2, 0.25) is 5.02 Å². The molecular formula is C17H22ClFN4OS. The zero-order chi connectivity index (χ0) is 17.8. The number of aromatic nitrogens is 2. The normalized spacial score (nSPS) is 21.0. The van der Waals surface area contributed by atoms with Gasteiger partial charge in [-0.15, -0.1) is 0 Å². The highest BCUT2D eigenvalue weighted by molar-refractivity contribution is 7.09. The number of nitrogens with zero attached hydrogens (tertiary/aromatic N) is 3. The molecule has 8 heteroatoms. The molecule has 2 atom stereocenters.